The van der Waals surface area contributed by atoms with Crippen molar-refractivity contribution in [3.8, 4) is 0 Å². The standard InChI is InChI=1S/C13H18N2/c1-15-5-4-10-6-9(2-3-13(10)15)11-7-12(14)8-11/h2-3,6,11-12H,4-5,7-8,14H2,1H3. The molecular weight excluding hydrogens is 184 g/mol. The van der Waals surface area contributed by atoms with Gasteiger partial charge in [0.25, 0.3) is 0 Å². The normalized spacial score (nSPS) is 28.8. The summed E-state index contributed by atoms with van der Waals surface area (Å²) in [4.78, 5) is 2.34. The fourth-order valence-electron chi connectivity index (χ4n) is 2.77. The van der Waals surface area contributed by atoms with Crippen LogP contribution in [0, 0.1) is 0 Å². The topological polar surface area (TPSA) is 29.3 Å². The lowest BCUT2D eigenvalue weighted by molar-refractivity contribution is 0.351. The molecule has 2 aliphatic rings. The maximum atomic E-state index is 5.83. The quantitative estimate of drug-likeness (QED) is 0.753. The zero-order valence-electron chi connectivity index (χ0n) is 9.24. The summed E-state index contributed by atoms with van der Waals surface area (Å²) in [6.45, 7) is 1.17. The number of rotatable bonds is 1. The first-order chi connectivity index (χ1) is 7.24. The molecule has 0 unspecified atom stereocenters. The first-order valence-electron chi connectivity index (χ1n) is 5.83. The Hall–Kier alpha value is -1.02. The fourth-order valence-corrected chi connectivity index (χ4v) is 2.77. The molecule has 0 spiro atoms. The first-order valence-corrected chi connectivity index (χ1v) is 5.83. The lowest BCUT2D eigenvalue weighted by Crippen LogP contribution is -2.34. The molecule has 1 fully saturated rings. The van der Waals surface area contributed by atoms with Gasteiger partial charge in [-0.1, -0.05) is 12.1 Å². The van der Waals surface area contributed by atoms with Gasteiger partial charge in [-0.25, -0.2) is 0 Å². The lowest BCUT2D eigenvalue weighted by Gasteiger charge is -2.33. The maximum absolute atomic E-state index is 5.83. The number of anilines is 1. The molecule has 2 N–H and O–H groups in total. The van der Waals surface area contributed by atoms with E-state index < -0.39 is 0 Å². The molecule has 2 heteroatoms. The summed E-state index contributed by atoms with van der Waals surface area (Å²) >= 11 is 0. The molecule has 80 valence electrons. The van der Waals surface area contributed by atoms with Crippen molar-refractivity contribution in [2.24, 2.45) is 5.73 Å². The molecule has 1 heterocycles. The average Bonchev–Trinajstić information content (AvgIpc) is 2.55. The summed E-state index contributed by atoms with van der Waals surface area (Å²) in [6, 6.07) is 7.42. The van der Waals surface area contributed by atoms with Gasteiger partial charge < -0.3 is 10.6 Å². The van der Waals surface area contributed by atoms with Crippen LogP contribution in [0.15, 0.2) is 18.2 Å². The van der Waals surface area contributed by atoms with Crippen molar-refractivity contribution in [3.05, 3.63) is 29.3 Å². The average molecular weight is 202 g/mol. The minimum absolute atomic E-state index is 0.450. The van der Waals surface area contributed by atoms with E-state index in [4.69, 9.17) is 5.73 Å². The highest BCUT2D eigenvalue weighted by molar-refractivity contribution is 5.58. The van der Waals surface area contributed by atoms with E-state index in [0.29, 0.717) is 6.04 Å². The third-order valence-corrected chi connectivity index (χ3v) is 3.88. The minimum Gasteiger partial charge on any atom is -0.374 e. The van der Waals surface area contributed by atoms with Crippen molar-refractivity contribution < 1.29 is 0 Å². The van der Waals surface area contributed by atoms with Gasteiger partial charge in [0, 0.05) is 25.3 Å². The van der Waals surface area contributed by atoms with E-state index in [-0.39, 0.29) is 0 Å². The highest BCUT2D eigenvalue weighted by Crippen LogP contribution is 2.38. The SMILES string of the molecule is CN1CCc2cc(C3CC(N)C3)ccc21. The Morgan fingerprint density at radius 3 is 2.87 bits per heavy atom. The Balaban J connectivity index is 1.87. The summed E-state index contributed by atoms with van der Waals surface area (Å²) < 4.78 is 0. The van der Waals surface area contributed by atoms with Crippen LogP contribution in [0.3, 0.4) is 0 Å². The third kappa shape index (κ3) is 1.44. The number of nitrogens with two attached hydrogens (primary N) is 1. The van der Waals surface area contributed by atoms with Crippen molar-refractivity contribution in [2.45, 2.75) is 31.2 Å². The van der Waals surface area contributed by atoms with E-state index in [1.165, 1.54) is 42.6 Å². The number of hydrogen-bond acceptors (Lipinski definition) is 2. The van der Waals surface area contributed by atoms with Gasteiger partial charge in [0.2, 0.25) is 0 Å². The molecule has 1 aromatic rings. The van der Waals surface area contributed by atoms with Gasteiger partial charge in [-0.15, -0.1) is 0 Å². The van der Waals surface area contributed by atoms with Gasteiger partial charge >= 0.3 is 0 Å². The Morgan fingerprint density at radius 2 is 2.13 bits per heavy atom. The van der Waals surface area contributed by atoms with E-state index in [9.17, 15) is 0 Å². The van der Waals surface area contributed by atoms with Crippen molar-refractivity contribution in [3.63, 3.8) is 0 Å². The van der Waals surface area contributed by atoms with Crippen molar-refractivity contribution in [1.82, 2.24) is 0 Å². The van der Waals surface area contributed by atoms with Gasteiger partial charge in [-0.3, -0.25) is 0 Å². The van der Waals surface area contributed by atoms with Crippen molar-refractivity contribution >= 4 is 5.69 Å². The number of benzene rings is 1. The molecular formula is C13H18N2. The summed E-state index contributed by atoms with van der Waals surface area (Å²) in [7, 11) is 2.17. The number of nitrogens with zero attached hydrogens (tertiary/aromatic N) is 1. The highest BCUT2D eigenvalue weighted by atomic mass is 15.1. The molecule has 1 saturated carbocycles. The van der Waals surface area contributed by atoms with Crippen LogP contribution in [0.1, 0.15) is 29.9 Å². The molecule has 1 aliphatic carbocycles. The van der Waals surface area contributed by atoms with E-state index in [0.717, 1.165) is 5.92 Å². The zero-order valence-corrected chi connectivity index (χ0v) is 9.24. The van der Waals surface area contributed by atoms with Crippen LogP contribution >= 0.6 is 0 Å². The van der Waals surface area contributed by atoms with E-state index >= 15 is 0 Å². The third-order valence-electron chi connectivity index (χ3n) is 3.88. The molecule has 0 radical (unpaired) electrons. The lowest BCUT2D eigenvalue weighted by atomic mass is 9.76. The zero-order chi connectivity index (χ0) is 10.4. The van der Waals surface area contributed by atoms with Gasteiger partial charge in [-0.05, 0) is 42.4 Å². The molecule has 0 bridgehead atoms. The second kappa shape index (κ2) is 3.24. The molecule has 2 nitrogen and oxygen atoms in total. The van der Waals surface area contributed by atoms with Crippen LogP contribution in [0.25, 0.3) is 0 Å². The molecule has 0 saturated heterocycles. The summed E-state index contributed by atoms with van der Waals surface area (Å²) in [5, 5.41) is 0. The Morgan fingerprint density at radius 1 is 1.33 bits per heavy atom. The number of hydrogen-bond donors (Lipinski definition) is 1. The van der Waals surface area contributed by atoms with Crippen LogP contribution in [-0.2, 0) is 6.42 Å². The molecule has 1 aromatic carbocycles. The maximum Gasteiger partial charge on any atom is 0.0397 e. The van der Waals surface area contributed by atoms with Gasteiger partial charge in [0.1, 0.15) is 0 Å². The fraction of sp³-hybridized carbons (Fsp3) is 0.538. The monoisotopic (exact) mass is 202 g/mol. The number of fused-ring (bicyclic) bond motifs is 1. The Labute approximate surface area is 91.1 Å². The first kappa shape index (κ1) is 9.22. The van der Waals surface area contributed by atoms with Crippen LogP contribution in [0.4, 0.5) is 5.69 Å². The predicted molar refractivity (Wildman–Crippen MR) is 63.4 cm³/mol. The number of likely N-dealkylation sites (N-methyl/N-ethyl adjacent to an activating group) is 1. The Kier molecular flexibility index (Phi) is 1.99. The summed E-state index contributed by atoms with van der Waals surface area (Å²) in [6.07, 6.45) is 3.56. The van der Waals surface area contributed by atoms with Gasteiger partial charge in [0.15, 0.2) is 0 Å². The minimum atomic E-state index is 0.450. The van der Waals surface area contributed by atoms with Gasteiger partial charge in [0.05, 0.1) is 0 Å². The van der Waals surface area contributed by atoms with E-state index in [2.05, 4.69) is 30.1 Å². The molecule has 0 atom stereocenters. The molecule has 0 amide bonds. The summed E-state index contributed by atoms with van der Waals surface area (Å²) in [5.74, 6) is 0.733. The van der Waals surface area contributed by atoms with Gasteiger partial charge in [-0.2, -0.15) is 0 Å². The summed E-state index contributed by atoms with van der Waals surface area (Å²) in [5.41, 5.74) is 10.3. The largest absolute Gasteiger partial charge is 0.374 e. The second-order valence-electron chi connectivity index (χ2n) is 4.99. The Bertz CT molecular complexity index is 380. The van der Waals surface area contributed by atoms with E-state index in [1.54, 1.807) is 0 Å². The second-order valence-corrected chi connectivity index (χ2v) is 4.99. The molecule has 3 rings (SSSR count). The van der Waals surface area contributed by atoms with Crippen LogP contribution in [-0.4, -0.2) is 19.6 Å². The van der Waals surface area contributed by atoms with E-state index in [1.807, 2.05) is 0 Å². The molecule has 15 heavy (non-hydrogen) atoms. The van der Waals surface area contributed by atoms with Crippen molar-refractivity contribution in [1.29, 1.82) is 0 Å². The van der Waals surface area contributed by atoms with Crippen molar-refractivity contribution in [2.75, 3.05) is 18.5 Å². The smallest absolute Gasteiger partial charge is 0.0397 e. The molecule has 0 aromatic heterocycles. The highest BCUT2D eigenvalue weighted by Gasteiger charge is 2.28. The van der Waals surface area contributed by atoms with Crippen LogP contribution in [0.2, 0.25) is 0 Å². The molecule has 1 aliphatic heterocycles. The predicted octanol–water partition coefficient (Wildman–Crippen LogP) is 1.88. The van der Waals surface area contributed by atoms with Crippen LogP contribution in [0.5, 0.6) is 0 Å². The van der Waals surface area contributed by atoms with Crippen LogP contribution < -0.4 is 10.6 Å².